The summed E-state index contributed by atoms with van der Waals surface area (Å²) in [5.41, 5.74) is 5.27. The number of rotatable bonds is 3. The van der Waals surface area contributed by atoms with Gasteiger partial charge in [0.1, 0.15) is 5.75 Å². The molecule has 1 aliphatic rings. The molecule has 0 heterocycles. The molecule has 1 amide bonds. The lowest BCUT2D eigenvalue weighted by Crippen LogP contribution is -2.48. The third kappa shape index (κ3) is 3.63. The summed E-state index contributed by atoms with van der Waals surface area (Å²) in [7, 11) is 0. The number of alkyl halides is 3. The van der Waals surface area contributed by atoms with Crippen LogP contribution in [-0.4, -0.2) is 17.8 Å². The number of anilines is 1. The number of nitrogens with one attached hydrogen (secondary N) is 1. The minimum atomic E-state index is -4.76. The normalized spacial score (nSPS) is 17.8. The van der Waals surface area contributed by atoms with E-state index in [0.29, 0.717) is 12.8 Å². The van der Waals surface area contributed by atoms with Crippen molar-refractivity contribution in [3.63, 3.8) is 0 Å². The van der Waals surface area contributed by atoms with Gasteiger partial charge in [-0.15, -0.1) is 13.2 Å². The molecule has 1 fully saturated rings. The van der Waals surface area contributed by atoms with Crippen LogP contribution in [0, 0.1) is 0 Å². The largest absolute Gasteiger partial charge is 0.573 e. The number of carbonyl (C=O) groups excluding carboxylic acids is 1. The minimum absolute atomic E-state index is 0.230. The Bertz CT molecular complexity index is 497. The van der Waals surface area contributed by atoms with Crippen LogP contribution in [0.15, 0.2) is 24.3 Å². The Morgan fingerprint density at radius 1 is 1.30 bits per heavy atom. The van der Waals surface area contributed by atoms with Crippen LogP contribution in [0.5, 0.6) is 5.75 Å². The van der Waals surface area contributed by atoms with Gasteiger partial charge >= 0.3 is 6.36 Å². The van der Waals surface area contributed by atoms with Gasteiger partial charge in [-0.2, -0.15) is 0 Å². The highest BCUT2D eigenvalue weighted by atomic mass is 19.4. The summed E-state index contributed by atoms with van der Waals surface area (Å²) < 4.78 is 40.1. The SMILES string of the molecule is NC1(C(=O)Nc2cccc(OC(F)(F)F)c2)CCCC1. The van der Waals surface area contributed by atoms with Crippen molar-refractivity contribution in [1.29, 1.82) is 0 Å². The average Bonchev–Trinajstić information content (AvgIpc) is 2.76. The van der Waals surface area contributed by atoms with E-state index in [1.54, 1.807) is 0 Å². The van der Waals surface area contributed by atoms with Gasteiger partial charge < -0.3 is 15.8 Å². The fourth-order valence-electron chi connectivity index (χ4n) is 2.26. The number of hydrogen-bond donors (Lipinski definition) is 2. The molecule has 0 aromatic heterocycles. The number of amides is 1. The van der Waals surface area contributed by atoms with Gasteiger partial charge in [0.15, 0.2) is 0 Å². The van der Waals surface area contributed by atoms with Crippen LogP contribution in [0.25, 0.3) is 0 Å². The fraction of sp³-hybridized carbons (Fsp3) is 0.462. The van der Waals surface area contributed by atoms with Gasteiger partial charge in [-0.05, 0) is 25.0 Å². The maximum absolute atomic E-state index is 12.1. The second-order valence-corrected chi connectivity index (χ2v) is 4.89. The Morgan fingerprint density at radius 3 is 2.55 bits per heavy atom. The summed E-state index contributed by atoms with van der Waals surface area (Å²) in [6, 6.07) is 5.13. The molecule has 20 heavy (non-hydrogen) atoms. The molecule has 1 aliphatic carbocycles. The van der Waals surface area contributed by atoms with Gasteiger partial charge in [0, 0.05) is 11.8 Å². The van der Waals surface area contributed by atoms with Gasteiger partial charge in [-0.3, -0.25) is 4.79 Å². The first-order valence-electron chi connectivity index (χ1n) is 6.25. The summed E-state index contributed by atoms with van der Waals surface area (Å²) in [5, 5.41) is 2.54. The lowest BCUT2D eigenvalue weighted by atomic mass is 9.98. The lowest BCUT2D eigenvalue weighted by molar-refractivity contribution is -0.274. The van der Waals surface area contributed by atoms with Crippen LogP contribution < -0.4 is 15.8 Å². The molecule has 0 unspecified atom stereocenters. The smallest absolute Gasteiger partial charge is 0.406 e. The molecular weight excluding hydrogens is 273 g/mol. The van der Waals surface area contributed by atoms with E-state index >= 15 is 0 Å². The highest BCUT2D eigenvalue weighted by Crippen LogP contribution is 2.29. The fourth-order valence-corrected chi connectivity index (χ4v) is 2.26. The van der Waals surface area contributed by atoms with Gasteiger partial charge in [0.05, 0.1) is 5.54 Å². The van der Waals surface area contributed by atoms with Gasteiger partial charge in [0.2, 0.25) is 5.91 Å². The summed E-state index contributed by atoms with van der Waals surface area (Å²) in [5.74, 6) is -0.757. The van der Waals surface area contributed by atoms with Crippen molar-refractivity contribution in [1.82, 2.24) is 0 Å². The zero-order valence-corrected chi connectivity index (χ0v) is 10.7. The molecule has 0 saturated heterocycles. The quantitative estimate of drug-likeness (QED) is 0.899. The summed E-state index contributed by atoms with van der Waals surface area (Å²) in [6.07, 6.45) is -1.85. The number of halogens is 3. The Balaban J connectivity index is 2.06. The third-order valence-corrected chi connectivity index (χ3v) is 3.27. The van der Waals surface area contributed by atoms with Crippen LogP contribution in [0.4, 0.5) is 18.9 Å². The maximum Gasteiger partial charge on any atom is 0.573 e. The number of hydrogen-bond acceptors (Lipinski definition) is 3. The van der Waals surface area contributed by atoms with E-state index in [4.69, 9.17) is 5.73 Å². The molecule has 4 nitrogen and oxygen atoms in total. The molecule has 7 heteroatoms. The first-order chi connectivity index (χ1) is 9.28. The summed E-state index contributed by atoms with van der Waals surface area (Å²) >= 11 is 0. The Labute approximate surface area is 114 Å². The molecule has 0 spiro atoms. The first-order valence-corrected chi connectivity index (χ1v) is 6.25. The zero-order chi connectivity index (χ0) is 14.8. The van der Waals surface area contributed by atoms with Gasteiger partial charge in [-0.25, -0.2) is 0 Å². The van der Waals surface area contributed by atoms with Crippen molar-refractivity contribution >= 4 is 11.6 Å². The van der Waals surface area contributed by atoms with E-state index in [1.807, 2.05) is 0 Å². The predicted octanol–water partition coefficient (Wildman–Crippen LogP) is 2.80. The average molecular weight is 288 g/mol. The van der Waals surface area contributed by atoms with Crippen molar-refractivity contribution in [3.8, 4) is 5.75 Å². The van der Waals surface area contributed by atoms with Crippen molar-refractivity contribution in [2.45, 2.75) is 37.6 Å². The predicted molar refractivity (Wildman–Crippen MR) is 67.1 cm³/mol. The first kappa shape index (κ1) is 14.6. The standard InChI is InChI=1S/C13H15F3N2O2/c14-13(15,16)20-10-5-3-4-9(8-10)18-11(19)12(17)6-1-2-7-12/h3-5,8H,1-2,6-7,17H2,(H,18,19). The van der Waals surface area contributed by atoms with Crippen molar-refractivity contribution in [3.05, 3.63) is 24.3 Å². The van der Waals surface area contributed by atoms with Crippen LogP contribution in [0.1, 0.15) is 25.7 Å². The second-order valence-electron chi connectivity index (χ2n) is 4.89. The van der Waals surface area contributed by atoms with Crippen LogP contribution in [0.3, 0.4) is 0 Å². The Morgan fingerprint density at radius 2 is 1.95 bits per heavy atom. The molecule has 110 valence electrons. The molecule has 0 bridgehead atoms. The van der Waals surface area contributed by atoms with E-state index in [9.17, 15) is 18.0 Å². The molecule has 3 N–H and O–H groups in total. The van der Waals surface area contributed by atoms with Crippen molar-refractivity contribution in [2.24, 2.45) is 5.73 Å². The monoisotopic (exact) mass is 288 g/mol. The topological polar surface area (TPSA) is 64.4 Å². The van der Waals surface area contributed by atoms with Gasteiger partial charge in [0.25, 0.3) is 0 Å². The van der Waals surface area contributed by atoms with Crippen LogP contribution in [0.2, 0.25) is 0 Å². The molecule has 0 aliphatic heterocycles. The van der Waals surface area contributed by atoms with E-state index in [-0.39, 0.29) is 17.3 Å². The number of nitrogens with two attached hydrogens (primary N) is 1. The van der Waals surface area contributed by atoms with E-state index in [0.717, 1.165) is 25.0 Å². The lowest BCUT2D eigenvalue weighted by Gasteiger charge is -2.22. The number of benzene rings is 1. The summed E-state index contributed by atoms with van der Waals surface area (Å²) in [4.78, 5) is 12.0. The molecular formula is C13H15F3N2O2. The Hall–Kier alpha value is -1.76. The molecule has 0 radical (unpaired) electrons. The van der Waals surface area contributed by atoms with E-state index in [1.165, 1.54) is 12.1 Å². The van der Waals surface area contributed by atoms with E-state index < -0.39 is 11.9 Å². The minimum Gasteiger partial charge on any atom is -0.406 e. The van der Waals surface area contributed by atoms with Crippen LogP contribution in [-0.2, 0) is 4.79 Å². The van der Waals surface area contributed by atoms with Crippen LogP contribution >= 0.6 is 0 Å². The van der Waals surface area contributed by atoms with E-state index in [2.05, 4.69) is 10.1 Å². The highest BCUT2D eigenvalue weighted by molar-refractivity contribution is 5.98. The third-order valence-electron chi connectivity index (χ3n) is 3.27. The highest BCUT2D eigenvalue weighted by Gasteiger charge is 2.37. The molecule has 2 rings (SSSR count). The summed E-state index contributed by atoms with van der Waals surface area (Å²) in [6.45, 7) is 0. The number of ether oxygens (including phenoxy) is 1. The molecule has 1 aromatic carbocycles. The van der Waals surface area contributed by atoms with Gasteiger partial charge in [-0.1, -0.05) is 18.9 Å². The zero-order valence-electron chi connectivity index (χ0n) is 10.7. The Kier molecular flexibility index (Phi) is 3.89. The molecule has 0 atom stereocenters. The van der Waals surface area contributed by atoms with Crippen molar-refractivity contribution in [2.75, 3.05) is 5.32 Å². The molecule has 1 saturated carbocycles. The second kappa shape index (κ2) is 5.32. The number of carbonyl (C=O) groups is 1. The molecule has 1 aromatic rings. The van der Waals surface area contributed by atoms with Crippen molar-refractivity contribution < 1.29 is 22.7 Å². The maximum atomic E-state index is 12.1.